The third-order valence-electron chi connectivity index (χ3n) is 4.74. The molecule has 0 unspecified atom stereocenters. The van der Waals surface area contributed by atoms with E-state index in [-0.39, 0.29) is 11.8 Å². The Morgan fingerprint density at radius 3 is 2.22 bits per heavy atom. The summed E-state index contributed by atoms with van der Waals surface area (Å²) in [6, 6.07) is 0. The summed E-state index contributed by atoms with van der Waals surface area (Å²) in [7, 11) is 0. The van der Waals surface area contributed by atoms with Crippen LogP contribution in [-0.4, -0.2) is 66.8 Å². The zero-order chi connectivity index (χ0) is 20.1. The normalized spacial score (nSPS) is 15.3. The number of amides is 2. The van der Waals surface area contributed by atoms with Crippen LogP contribution in [0, 0.1) is 5.92 Å². The number of guanidine groups is 1. The van der Waals surface area contributed by atoms with Gasteiger partial charge in [-0.3, -0.25) is 14.6 Å². The van der Waals surface area contributed by atoms with E-state index >= 15 is 0 Å². The quantitative estimate of drug-likeness (QED) is 0.325. The van der Waals surface area contributed by atoms with E-state index in [9.17, 15) is 9.59 Å². The molecule has 1 rings (SSSR count). The highest BCUT2D eigenvalue weighted by molar-refractivity contribution is 5.78. The number of carbonyl (C=O) groups excluding carboxylic acids is 2. The van der Waals surface area contributed by atoms with Gasteiger partial charge in [0.25, 0.3) is 0 Å². The molecule has 1 saturated heterocycles. The van der Waals surface area contributed by atoms with Crippen LogP contribution in [0.1, 0.15) is 65.7 Å². The first-order chi connectivity index (χ1) is 12.9. The monoisotopic (exact) mass is 381 g/mol. The zero-order valence-electron chi connectivity index (χ0n) is 17.5. The fourth-order valence-electron chi connectivity index (χ4n) is 3.06. The molecule has 156 valence electrons. The minimum absolute atomic E-state index is 0.204. The molecular formula is C20H39N5O2. The molecule has 27 heavy (non-hydrogen) atoms. The summed E-state index contributed by atoms with van der Waals surface area (Å²) in [4.78, 5) is 32.5. The molecule has 0 aliphatic carbocycles. The molecule has 7 heteroatoms. The Morgan fingerprint density at radius 1 is 1.00 bits per heavy atom. The maximum absolute atomic E-state index is 12.3. The molecule has 3 N–H and O–H groups in total. The Hall–Kier alpha value is -1.79. The van der Waals surface area contributed by atoms with Crippen molar-refractivity contribution in [3.05, 3.63) is 0 Å². The second-order valence-electron chi connectivity index (χ2n) is 7.72. The van der Waals surface area contributed by atoms with Crippen LogP contribution < -0.4 is 11.1 Å². The molecule has 1 heterocycles. The lowest BCUT2D eigenvalue weighted by Gasteiger charge is -2.35. The molecule has 0 aromatic carbocycles. The smallest absolute Gasteiger partial charge is 0.222 e. The van der Waals surface area contributed by atoms with E-state index < -0.39 is 0 Å². The average Bonchev–Trinajstić information content (AvgIpc) is 2.64. The number of nitrogens with one attached hydrogen (secondary N) is 1. The SMILES string of the molecule is CCCCNC(N)=NCCCCCC(=O)N1CCN(C(=O)CC(C)C)CC1. The number of nitrogens with zero attached hydrogens (tertiary/aromatic N) is 3. The number of carbonyl (C=O) groups is 2. The van der Waals surface area contributed by atoms with E-state index in [1.165, 1.54) is 0 Å². The van der Waals surface area contributed by atoms with E-state index in [4.69, 9.17) is 5.73 Å². The van der Waals surface area contributed by atoms with Crippen LogP contribution in [0.25, 0.3) is 0 Å². The molecule has 0 aromatic rings. The van der Waals surface area contributed by atoms with Gasteiger partial charge in [0, 0.05) is 52.1 Å². The summed E-state index contributed by atoms with van der Waals surface area (Å²) < 4.78 is 0. The summed E-state index contributed by atoms with van der Waals surface area (Å²) in [6.07, 6.45) is 6.20. The summed E-state index contributed by atoms with van der Waals surface area (Å²) in [5.74, 6) is 1.31. The first-order valence-electron chi connectivity index (χ1n) is 10.5. The van der Waals surface area contributed by atoms with E-state index in [1.807, 2.05) is 9.80 Å². The van der Waals surface area contributed by atoms with E-state index in [2.05, 4.69) is 31.1 Å². The Kier molecular flexibility index (Phi) is 11.5. The second kappa shape index (κ2) is 13.4. The van der Waals surface area contributed by atoms with Crippen molar-refractivity contribution in [1.29, 1.82) is 0 Å². The highest BCUT2D eigenvalue weighted by Crippen LogP contribution is 2.10. The van der Waals surface area contributed by atoms with E-state index in [0.717, 1.165) is 38.6 Å². The highest BCUT2D eigenvalue weighted by atomic mass is 16.2. The van der Waals surface area contributed by atoms with Gasteiger partial charge in [-0.25, -0.2) is 0 Å². The van der Waals surface area contributed by atoms with Crippen molar-refractivity contribution in [2.45, 2.75) is 65.7 Å². The fourth-order valence-corrected chi connectivity index (χ4v) is 3.06. The van der Waals surface area contributed by atoms with Gasteiger partial charge < -0.3 is 20.9 Å². The van der Waals surface area contributed by atoms with Gasteiger partial charge in [-0.2, -0.15) is 0 Å². The highest BCUT2D eigenvalue weighted by Gasteiger charge is 2.23. The predicted octanol–water partition coefficient (Wildman–Crippen LogP) is 1.97. The molecule has 0 spiro atoms. The Morgan fingerprint density at radius 2 is 1.63 bits per heavy atom. The van der Waals surface area contributed by atoms with Gasteiger partial charge in [0.15, 0.2) is 5.96 Å². The summed E-state index contributed by atoms with van der Waals surface area (Å²) >= 11 is 0. The standard InChI is InChI=1S/C20H39N5O2/c1-4-5-10-22-20(21)23-11-8-6-7-9-18(26)24-12-14-25(15-13-24)19(27)16-17(2)3/h17H,4-16H2,1-3H3,(H3,21,22,23). The third kappa shape index (κ3) is 10.2. The number of rotatable bonds is 11. The molecule has 0 saturated carbocycles. The van der Waals surface area contributed by atoms with Crippen LogP contribution in [0.15, 0.2) is 4.99 Å². The lowest BCUT2D eigenvalue weighted by Crippen LogP contribution is -2.50. The lowest BCUT2D eigenvalue weighted by atomic mass is 10.1. The van der Waals surface area contributed by atoms with Gasteiger partial charge in [0.1, 0.15) is 0 Å². The van der Waals surface area contributed by atoms with Gasteiger partial charge in [-0.15, -0.1) is 0 Å². The molecule has 0 atom stereocenters. The van der Waals surface area contributed by atoms with Crippen molar-refractivity contribution in [1.82, 2.24) is 15.1 Å². The Labute approximate surface area is 164 Å². The number of hydrogen-bond donors (Lipinski definition) is 2. The average molecular weight is 382 g/mol. The van der Waals surface area contributed by atoms with Crippen LogP contribution >= 0.6 is 0 Å². The number of hydrogen-bond acceptors (Lipinski definition) is 3. The fraction of sp³-hybridized carbons (Fsp3) is 0.850. The largest absolute Gasteiger partial charge is 0.370 e. The topological polar surface area (TPSA) is 91.0 Å². The van der Waals surface area contributed by atoms with Crippen molar-refractivity contribution < 1.29 is 9.59 Å². The van der Waals surface area contributed by atoms with E-state index in [1.54, 1.807) is 0 Å². The van der Waals surface area contributed by atoms with Gasteiger partial charge in [-0.05, 0) is 25.2 Å². The third-order valence-corrected chi connectivity index (χ3v) is 4.74. The minimum atomic E-state index is 0.204. The molecular weight excluding hydrogens is 342 g/mol. The van der Waals surface area contributed by atoms with Crippen LogP contribution in [0.5, 0.6) is 0 Å². The molecule has 0 bridgehead atoms. The van der Waals surface area contributed by atoms with Crippen molar-refractivity contribution in [3.8, 4) is 0 Å². The molecule has 1 aliphatic heterocycles. The Bertz CT molecular complexity index is 471. The molecule has 0 aromatic heterocycles. The summed E-state index contributed by atoms with van der Waals surface area (Å²) in [6.45, 7) is 10.5. The first-order valence-corrected chi connectivity index (χ1v) is 10.5. The predicted molar refractivity (Wildman–Crippen MR) is 110 cm³/mol. The molecule has 2 amide bonds. The number of unbranched alkanes of at least 4 members (excludes halogenated alkanes) is 3. The second-order valence-corrected chi connectivity index (χ2v) is 7.72. The maximum atomic E-state index is 12.3. The molecule has 0 radical (unpaired) electrons. The van der Waals surface area contributed by atoms with Gasteiger partial charge in [0.05, 0.1) is 0 Å². The number of piperazine rings is 1. The van der Waals surface area contributed by atoms with Crippen molar-refractivity contribution in [3.63, 3.8) is 0 Å². The van der Waals surface area contributed by atoms with Gasteiger partial charge in [0.2, 0.25) is 11.8 Å². The zero-order valence-corrected chi connectivity index (χ0v) is 17.5. The van der Waals surface area contributed by atoms with Crippen LogP contribution in [0.4, 0.5) is 0 Å². The maximum Gasteiger partial charge on any atom is 0.222 e. The number of aliphatic imine (C=N–C) groups is 1. The van der Waals surface area contributed by atoms with Gasteiger partial charge >= 0.3 is 0 Å². The van der Waals surface area contributed by atoms with Crippen LogP contribution in [0.3, 0.4) is 0 Å². The van der Waals surface area contributed by atoms with Crippen molar-refractivity contribution >= 4 is 17.8 Å². The summed E-state index contributed by atoms with van der Waals surface area (Å²) in [5.41, 5.74) is 5.78. The molecule has 7 nitrogen and oxygen atoms in total. The minimum Gasteiger partial charge on any atom is -0.370 e. The Balaban J connectivity index is 2.11. The molecule has 1 fully saturated rings. The van der Waals surface area contributed by atoms with Crippen LogP contribution in [0.2, 0.25) is 0 Å². The van der Waals surface area contributed by atoms with Crippen LogP contribution in [-0.2, 0) is 9.59 Å². The number of nitrogens with two attached hydrogens (primary N) is 1. The first kappa shape index (κ1) is 23.2. The van der Waals surface area contributed by atoms with Crippen molar-refractivity contribution in [2.24, 2.45) is 16.6 Å². The molecule has 1 aliphatic rings. The summed E-state index contributed by atoms with van der Waals surface area (Å²) in [5, 5.41) is 3.10. The van der Waals surface area contributed by atoms with Gasteiger partial charge in [-0.1, -0.05) is 33.6 Å². The lowest BCUT2D eigenvalue weighted by molar-refractivity contribution is -0.140. The van der Waals surface area contributed by atoms with E-state index in [0.29, 0.717) is 57.4 Å². The van der Waals surface area contributed by atoms with Crippen molar-refractivity contribution in [2.75, 3.05) is 39.3 Å².